The molecular weight excluding hydrogens is 230 g/mol. The van der Waals surface area contributed by atoms with E-state index in [1.54, 1.807) is 0 Å². The van der Waals surface area contributed by atoms with Gasteiger partial charge in [0.05, 0.1) is 0 Å². The van der Waals surface area contributed by atoms with Crippen molar-refractivity contribution in [2.45, 2.75) is 45.1 Å². The minimum absolute atomic E-state index is 0.0805. The van der Waals surface area contributed by atoms with Crippen LogP contribution in [-0.4, -0.2) is 31.3 Å². The van der Waals surface area contributed by atoms with E-state index in [0.717, 1.165) is 32.1 Å². The van der Waals surface area contributed by atoms with Crippen molar-refractivity contribution in [2.75, 3.05) is 5.75 Å². The molecule has 1 saturated carbocycles. The zero-order valence-corrected chi connectivity index (χ0v) is 10.3. The zero-order valence-electron chi connectivity index (χ0n) is 9.48. The number of carbonyl (C=O) groups is 1. The summed E-state index contributed by atoms with van der Waals surface area (Å²) in [6.45, 7) is 2.10. The SMILES string of the molecule is CCC1CCCC(NS(=O)(=O)CC(=O)O)C1. The van der Waals surface area contributed by atoms with Gasteiger partial charge in [0.15, 0.2) is 5.75 Å². The van der Waals surface area contributed by atoms with Gasteiger partial charge in [-0.15, -0.1) is 0 Å². The van der Waals surface area contributed by atoms with E-state index in [9.17, 15) is 13.2 Å². The van der Waals surface area contributed by atoms with Crippen LogP contribution < -0.4 is 4.72 Å². The monoisotopic (exact) mass is 249 g/mol. The van der Waals surface area contributed by atoms with Gasteiger partial charge >= 0.3 is 5.97 Å². The van der Waals surface area contributed by atoms with E-state index in [2.05, 4.69) is 11.6 Å². The second kappa shape index (κ2) is 5.63. The first kappa shape index (κ1) is 13.4. The van der Waals surface area contributed by atoms with E-state index in [4.69, 9.17) is 5.11 Å². The number of hydrogen-bond donors (Lipinski definition) is 2. The van der Waals surface area contributed by atoms with Crippen LogP contribution in [0, 0.1) is 5.92 Å². The normalized spacial score (nSPS) is 26.6. The molecule has 0 aromatic carbocycles. The molecule has 0 spiro atoms. The lowest BCUT2D eigenvalue weighted by Crippen LogP contribution is -2.40. The molecule has 2 atom stereocenters. The highest BCUT2D eigenvalue weighted by atomic mass is 32.2. The summed E-state index contributed by atoms with van der Waals surface area (Å²) in [5.41, 5.74) is 0. The summed E-state index contributed by atoms with van der Waals surface area (Å²) < 4.78 is 25.3. The van der Waals surface area contributed by atoms with Crippen LogP contribution in [0.15, 0.2) is 0 Å². The Morgan fingerprint density at radius 3 is 2.69 bits per heavy atom. The van der Waals surface area contributed by atoms with E-state index < -0.39 is 21.7 Å². The second-order valence-corrected chi connectivity index (χ2v) is 6.16. The molecule has 0 heterocycles. The smallest absolute Gasteiger partial charge is 0.320 e. The lowest BCUT2D eigenvalue weighted by molar-refractivity contribution is -0.134. The van der Waals surface area contributed by atoms with Crippen LogP contribution >= 0.6 is 0 Å². The predicted octanol–water partition coefficient (Wildman–Crippen LogP) is 0.959. The summed E-state index contributed by atoms with van der Waals surface area (Å²) in [4.78, 5) is 10.4. The average molecular weight is 249 g/mol. The van der Waals surface area contributed by atoms with Gasteiger partial charge in [0.1, 0.15) is 0 Å². The van der Waals surface area contributed by atoms with E-state index >= 15 is 0 Å². The maximum absolute atomic E-state index is 11.4. The molecule has 2 unspecified atom stereocenters. The Morgan fingerprint density at radius 2 is 2.12 bits per heavy atom. The molecule has 0 bridgehead atoms. The number of hydrogen-bond acceptors (Lipinski definition) is 3. The molecule has 0 aliphatic heterocycles. The van der Waals surface area contributed by atoms with Gasteiger partial charge in [-0.2, -0.15) is 0 Å². The van der Waals surface area contributed by atoms with Crippen molar-refractivity contribution in [3.05, 3.63) is 0 Å². The van der Waals surface area contributed by atoms with Gasteiger partial charge in [0.2, 0.25) is 10.0 Å². The van der Waals surface area contributed by atoms with Gasteiger partial charge in [-0.25, -0.2) is 13.1 Å². The first-order chi connectivity index (χ1) is 7.43. The van der Waals surface area contributed by atoms with Crippen LogP contribution in [0.1, 0.15) is 39.0 Å². The highest BCUT2D eigenvalue weighted by Gasteiger charge is 2.25. The Morgan fingerprint density at radius 1 is 1.44 bits per heavy atom. The van der Waals surface area contributed by atoms with Crippen LogP contribution in [0.25, 0.3) is 0 Å². The van der Waals surface area contributed by atoms with E-state index in [1.165, 1.54) is 0 Å². The summed E-state index contributed by atoms with van der Waals surface area (Å²) in [5, 5.41) is 8.46. The molecule has 0 aromatic rings. The highest BCUT2D eigenvalue weighted by Crippen LogP contribution is 2.26. The third-order valence-electron chi connectivity index (χ3n) is 3.02. The van der Waals surface area contributed by atoms with Crippen molar-refractivity contribution in [3.8, 4) is 0 Å². The van der Waals surface area contributed by atoms with Crippen molar-refractivity contribution in [2.24, 2.45) is 5.92 Å². The first-order valence-corrected chi connectivity index (χ1v) is 7.30. The molecule has 1 aliphatic carbocycles. The quantitative estimate of drug-likeness (QED) is 0.760. The van der Waals surface area contributed by atoms with E-state index in [0.29, 0.717) is 5.92 Å². The third kappa shape index (κ3) is 4.49. The van der Waals surface area contributed by atoms with Gasteiger partial charge in [-0.3, -0.25) is 4.79 Å². The van der Waals surface area contributed by atoms with E-state index in [1.807, 2.05) is 0 Å². The number of nitrogens with one attached hydrogen (secondary N) is 1. The number of aliphatic carboxylic acids is 1. The molecule has 0 saturated heterocycles. The molecule has 0 aromatic heterocycles. The Bertz CT molecular complexity index is 339. The lowest BCUT2D eigenvalue weighted by Gasteiger charge is -2.28. The summed E-state index contributed by atoms with van der Waals surface area (Å²) >= 11 is 0. The van der Waals surface area contributed by atoms with Crippen LogP contribution in [0.4, 0.5) is 0 Å². The Labute approximate surface area is 96.3 Å². The highest BCUT2D eigenvalue weighted by molar-refractivity contribution is 7.90. The Hall–Kier alpha value is -0.620. The second-order valence-electron chi connectivity index (χ2n) is 4.41. The largest absolute Gasteiger partial charge is 0.480 e. The minimum Gasteiger partial charge on any atom is -0.480 e. The molecular formula is C10H19NO4S. The number of carboxylic acids is 1. The van der Waals surface area contributed by atoms with Gasteiger partial charge in [0, 0.05) is 6.04 Å². The molecule has 0 amide bonds. The molecule has 16 heavy (non-hydrogen) atoms. The predicted molar refractivity (Wildman–Crippen MR) is 60.6 cm³/mol. The summed E-state index contributed by atoms with van der Waals surface area (Å²) in [6, 6.07) is -0.0805. The summed E-state index contributed by atoms with van der Waals surface area (Å²) in [6.07, 6.45) is 4.86. The average Bonchev–Trinajstić information content (AvgIpc) is 2.15. The molecule has 1 aliphatic rings. The molecule has 2 N–H and O–H groups in total. The van der Waals surface area contributed by atoms with Crippen LogP contribution in [0.3, 0.4) is 0 Å². The third-order valence-corrected chi connectivity index (χ3v) is 4.34. The molecule has 6 heteroatoms. The Kier molecular flexibility index (Phi) is 4.73. The van der Waals surface area contributed by atoms with Crippen molar-refractivity contribution in [3.63, 3.8) is 0 Å². The minimum atomic E-state index is -3.66. The topological polar surface area (TPSA) is 83.5 Å². The van der Waals surface area contributed by atoms with Gasteiger partial charge in [-0.1, -0.05) is 26.2 Å². The van der Waals surface area contributed by atoms with Gasteiger partial charge < -0.3 is 5.11 Å². The fraction of sp³-hybridized carbons (Fsp3) is 0.900. The van der Waals surface area contributed by atoms with Crippen LogP contribution in [-0.2, 0) is 14.8 Å². The fourth-order valence-corrected chi connectivity index (χ4v) is 3.36. The van der Waals surface area contributed by atoms with Crippen molar-refractivity contribution in [1.82, 2.24) is 4.72 Å². The molecule has 1 fully saturated rings. The first-order valence-electron chi connectivity index (χ1n) is 5.64. The Balaban J connectivity index is 2.50. The van der Waals surface area contributed by atoms with Crippen LogP contribution in [0.2, 0.25) is 0 Å². The maximum Gasteiger partial charge on any atom is 0.320 e. The van der Waals surface area contributed by atoms with E-state index in [-0.39, 0.29) is 6.04 Å². The van der Waals surface area contributed by atoms with Crippen molar-refractivity contribution < 1.29 is 18.3 Å². The van der Waals surface area contributed by atoms with Crippen molar-refractivity contribution >= 4 is 16.0 Å². The molecule has 1 rings (SSSR count). The molecule has 94 valence electrons. The van der Waals surface area contributed by atoms with Crippen molar-refractivity contribution in [1.29, 1.82) is 0 Å². The maximum atomic E-state index is 11.4. The number of sulfonamides is 1. The van der Waals surface area contributed by atoms with Gasteiger partial charge in [0.25, 0.3) is 0 Å². The number of carboxylic acid groups (broad SMARTS) is 1. The number of rotatable bonds is 5. The summed E-state index contributed by atoms with van der Waals surface area (Å²) in [7, 11) is -3.66. The zero-order chi connectivity index (χ0) is 12.2. The fourth-order valence-electron chi connectivity index (χ4n) is 2.23. The standard InChI is InChI=1S/C10H19NO4S/c1-2-8-4-3-5-9(6-8)11-16(14,15)7-10(12)13/h8-9,11H,2-7H2,1H3,(H,12,13). The summed E-state index contributed by atoms with van der Waals surface area (Å²) in [5.74, 6) is -1.58. The van der Waals surface area contributed by atoms with Crippen LogP contribution in [0.5, 0.6) is 0 Å². The molecule has 0 radical (unpaired) electrons. The lowest BCUT2D eigenvalue weighted by atomic mass is 9.85. The molecule has 5 nitrogen and oxygen atoms in total. The van der Waals surface area contributed by atoms with Gasteiger partial charge in [-0.05, 0) is 18.8 Å².